The molecule has 4 rings (SSSR count). The molecule has 1 amide bonds. The lowest BCUT2D eigenvalue weighted by Gasteiger charge is -2.20. The summed E-state index contributed by atoms with van der Waals surface area (Å²) in [5.41, 5.74) is 3.84. The SMILES string of the molecule is Cc1cc(C)c2sc(N(CCCn3ccnc3)C(=O)c3cccc(Cl)c3)nc2c1. The summed E-state index contributed by atoms with van der Waals surface area (Å²) in [5, 5.41) is 1.26. The van der Waals surface area contributed by atoms with Gasteiger partial charge in [0.1, 0.15) is 0 Å². The van der Waals surface area contributed by atoms with Gasteiger partial charge in [0.05, 0.1) is 16.5 Å². The lowest BCUT2D eigenvalue weighted by molar-refractivity contribution is 0.0986. The molecule has 0 saturated heterocycles. The van der Waals surface area contributed by atoms with Crippen molar-refractivity contribution < 1.29 is 4.79 Å². The molecular formula is C22H21ClN4OS. The maximum Gasteiger partial charge on any atom is 0.260 e. The zero-order chi connectivity index (χ0) is 20.4. The first-order chi connectivity index (χ1) is 14.0. The van der Waals surface area contributed by atoms with E-state index in [-0.39, 0.29) is 5.91 Å². The van der Waals surface area contributed by atoms with E-state index in [1.54, 1.807) is 53.0 Å². The molecule has 0 saturated carbocycles. The lowest BCUT2D eigenvalue weighted by atomic mass is 10.1. The fourth-order valence-electron chi connectivity index (χ4n) is 3.37. The minimum absolute atomic E-state index is 0.0911. The number of nitrogens with zero attached hydrogens (tertiary/aromatic N) is 4. The maximum absolute atomic E-state index is 13.3. The molecule has 148 valence electrons. The molecule has 0 aliphatic rings. The Morgan fingerprint density at radius 2 is 2.10 bits per heavy atom. The number of hydrogen-bond acceptors (Lipinski definition) is 4. The Morgan fingerprint density at radius 3 is 2.86 bits per heavy atom. The Balaban J connectivity index is 1.67. The highest BCUT2D eigenvalue weighted by molar-refractivity contribution is 7.22. The third-order valence-electron chi connectivity index (χ3n) is 4.71. The van der Waals surface area contributed by atoms with Crippen LogP contribution < -0.4 is 4.90 Å². The summed E-state index contributed by atoms with van der Waals surface area (Å²) in [7, 11) is 0. The van der Waals surface area contributed by atoms with E-state index in [0.29, 0.717) is 22.3 Å². The van der Waals surface area contributed by atoms with Gasteiger partial charge >= 0.3 is 0 Å². The number of aryl methyl sites for hydroxylation is 3. The van der Waals surface area contributed by atoms with E-state index in [9.17, 15) is 4.79 Å². The quantitative estimate of drug-likeness (QED) is 0.410. The summed E-state index contributed by atoms with van der Waals surface area (Å²) in [6.45, 7) is 5.48. The van der Waals surface area contributed by atoms with Crippen LogP contribution in [0.2, 0.25) is 5.02 Å². The van der Waals surface area contributed by atoms with Crippen LogP contribution in [0.5, 0.6) is 0 Å². The Labute approximate surface area is 178 Å². The summed E-state index contributed by atoms with van der Waals surface area (Å²) in [6.07, 6.45) is 6.25. The number of rotatable bonds is 6. The second-order valence-corrected chi connectivity index (χ2v) is 8.46. The molecule has 0 radical (unpaired) electrons. The summed E-state index contributed by atoms with van der Waals surface area (Å²) in [4.78, 5) is 24.0. The van der Waals surface area contributed by atoms with Crippen LogP contribution in [0.15, 0.2) is 55.1 Å². The molecule has 2 aromatic heterocycles. The molecule has 0 aliphatic heterocycles. The highest BCUT2D eigenvalue weighted by Gasteiger charge is 2.22. The van der Waals surface area contributed by atoms with E-state index in [1.807, 2.05) is 10.8 Å². The lowest BCUT2D eigenvalue weighted by Crippen LogP contribution is -2.32. The molecule has 0 atom stereocenters. The van der Waals surface area contributed by atoms with Crippen molar-refractivity contribution in [3.63, 3.8) is 0 Å². The topological polar surface area (TPSA) is 51.0 Å². The normalized spacial score (nSPS) is 11.1. The molecule has 2 aromatic carbocycles. The number of carbonyl (C=O) groups excluding carboxylic acids is 1. The van der Waals surface area contributed by atoms with Crippen molar-refractivity contribution in [2.45, 2.75) is 26.8 Å². The fourth-order valence-corrected chi connectivity index (χ4v) is 4.60. The first kappa shape index (κ1) is 19.6. The largest absolute Gasteiger partial charge is 0.337 e. The third-order valence-corrected chi connectivity index (χ3v) is 6.18. The number of benzene rings is 2. The van der Waals surface area contributed by atoms with Crippen molar-refractivity contribution in [2.75, 3.05) is 11.4 Å². The average molecular weight is 425 g/mol. The van der Waals surface area contributed by atoms with Crippen molar-refractivity contribution in [3.05, 3.63) is 76.8 Å². The van der Waals surface area contributed by atoms with Crippen molar-refractivity contribution in [2.24, 2.45) is 0 Å². The van der Waals surface area contributed by atoms with Gasteiger partial charge in [-0.05, 0) is 55.7 Å². The van der Waals surface area contributed by atoms with E-state index >= 15 is 0 Å². The number of aromatic nitrogens is 3. The maximum atomic E-state index is 13.3. The fraction of sp³-hybridized carbons (Fsp3) is 0.227. The van der Waals surface area contributed by atoms with Crippen LogP contribution in [0.25, 0.3) is 10.2 Å². The number of hydrogen-bond donors (Lipinski definition) is 0. The predicted molar refractivity (Wildman–Crippen MR) is 119 cm³/mol. The Kier molecular flexibility index (Phi) is 5.65. The first-order valence-electron chi connectivity index (χ1n) is 9.42. The minimum Gasteiger partial charge on any atom is -0.337 e. The van der Waals surface area contributed by atoms with Gasteiger partial charge in [0.2, 0.25) is 0 Å². The van der Waals surface area contributed by atoms with Gasteiger partial charge in [0.15, 0.2) is 5.13 Å². The number of anilines is 1. The molecule has 2 heterocycles. The zero-order valence-corrected chi connectivity index (χ0v) is 17.9. The molecule has 0 aliphatic carbocycles. The predicted octanol–water partition coefficient (Wildman–Crippen LogP) is 5.50. The standard InChI is InChI=1S/C22H21ClN4OS/c1-15-11-16(2)20-19(12-15)25-22(29-20)27(9-4-8-26-10-7-24-14-26)21(28)17-5-3-6-18(23)13-17/h3,5-7,10-14H,4,8-9H2,1-2H3. The van der Waals surface area contributed by atoms with Crippen molar-refractivity contribution >= 4 is 44.2 Å². The van der Waals surface area contributed by atoms with E-state index in [2.05, 4.69) is 31.0 Å². The molecule has 0 fully saturated rings. The average Bonchev–Trinajstić information content (AvgIpc) is 3.34. The molecule has 4 aromatic rings. The number of fused-ring (bicyclic) bond motifs is 1. The number of amides is 1. The second kappa shape index (κ2) is 8.35. The monoisotopic (exact) mass is 424 g/mol. The van der Waals surface area contributed by atoms with E-state index in [1.165, 1.54) is 11.1 Å². The molecule has 0 N–H and O–H groups in total. The van der Waals surface area contributed by atoms with Gasteiger partial charge in [-0.3, -0.25) is 9.69 Å². The zero-order valence-electron chi connectivity index (χ0n) is 16.3. The van der Waals surface area contributed by atoms with Gasteiger partial charge in [0, 0.05) is 36.1 Å². The number of imidazole rings is 1. The number of thiazole rings is 1. The van der Waals surface area contributed by atoms with Gasteiger partial charge in [-0.1, -0.05) is 35.1 Å². The van der Waals surface area contributed by atoms with E-state index in [4.69, 9.17) is 16.6 Å². The van der Waals surface area contributed by atoms with Gasteiger partial charge in [-0.15, -0.1) is 0 Å². The molecule has 0 unspecified atom stereocenters. The second-order valence-electron chi connectivity index (χ2n) is 7.05. The van der Waals surface area contributed by atoms with Crippen molar-refractivity contribution in [1.82, 2.24) is 14.5 Å². The van der Waals surface area contributed by atoms with Crippen LogP contribution in [-0.2, 0) is 6.54 Å². The van der Waals surface area contributed by atoms with Gasteiger partial charge < -0.3 is 4.57 Å². The summed E-state index contributed by atoms with van der Waals surface area (Å²) < 4.78 is 3.12. The van der Waals surface area contributed by atoms with E-state index < -0.39 is 0 Å². The van der Waals surface area contributed by atoms with Gasteiger partial charge in [-0.2, -0.15) is 0 Å². The number of carbonyl (C=O) groups is 1. The molecule has 7 heteroatoms. The van der Waals surface area contributed by atoms with Crippen LogP contribution in [0.1, 0.15) is 27.9 Å². The van der Waals surface area contributed by atoms with Crippen LogP contribution in [0.4, 0.5) is 5.13 Å². The highest BCUT2D eigenvalue weighted by atomic mass is 35.5. The minimum atomic E-state index is -0.0911. The van der Waals surface area contributed by atoms with Crippen molar-refractivity contribution in [1.29, 1.82) is 0 Å². The van der Waals surface area contributed by atoms with Crippen LogP contribution in [-0.4, -0.2) is 27.0 Å². The Hall–Kier alpha value is -2.70. The summed E-state index contributed by atoms with van der Waals surface area (Å²) in [5.74, 6) is -0.0911. The first-order valence-corrected chi connectivity index (χ1v) is 10.6. The molecule has 5 nitrogen and oxygen atoms in total. The van der Waals surface area contributed by atoms with E-state index in [0.717, 1.165) is 23.2 Å². The van der Waals surface area contributed by atoms with Gasteiger partial charge in [0.25, 0.3) is 5.91 Å². The van der Waals surface area contributed by atoms with Gasteiger partial charge in [-0.25, -0.2) is 9.97 Å². The smallest absolute Gasteiger partial charge is 0.260 e. The number of halogens is 1. The van der Waals surface area contributed by atoms with Crippen molar-refractivity contribution in [3.8, 4) is 0 Å². The molecule has 0 spiro atoms. The van der Waals surface area contributed by atoms with Crippen LogP contribution in [0.3, 0.4) is 0 Å². The molecular weight excluding hydrogens is 404 g/mol. The van der Waals surface area contributed by atoms with Crippen LogP contribution >= 0.6 is 22.9 Å². The molecule has 29 heavy (non-hydrogen) atoms. The summed E-state index contributed by atoms with van der Waals surface area (Å²) in [6, 6.07) is 11.3. The molecule has 0 bridgehead atoms. The third kappa shape index (κ3) is 4.33. The Bertz CT molecular complexity index is 1150. The van der Waals surface area contributed by atoms with Crippen LogP contribution in [0, 0.1) is 13.8 Å². The Morgan fingerprint density at radius 1 is 1.24 bits per heavy atom. The summed E-state index contributed by atoms with van der Waals surface area (Å²) >= 11 is 7.68. The highest BCUT2D eigenvalue weighted by Crippen LogP contribution is 2.33.